The maximum Gasteiger partial charge on any atom is 0.136 e. The van der Waals surface area contributed by atoms with Gasteiger partial charge in [-0.3, -0.25) is 9.69 Å². The van der Waals surface area contributed by atoms with Crippen molar-refractivity contribution in [3.63, 3.8) is 0 Å². The summed E-state index contributed by atoms with van der Waals surface area (Å²) in [5.74, 6) is 0.160. The minimum Gasteiger partial charge on any atom is -0.389 e. The third kappa shape index (κ3) is 1.29. The zero-order valence-corrected chi connectivity index (χ0v) is 8.55. The van der Waals surface area contributed by atoms with Crippen molar-refractivity contribution < 1.29 is 15.0 Å². The molecular formula is C10H17NO3. The molecule has 4 atom stereocenters. The fraction of sp³-hybridized carbons (Fsp3) is 0.900. The van der Waals surface area contributed by atoms with Gasteiger partial charge in [-0.25, -0.2) is 0 Å². The molecular weight excluding hydrogens is 182 g/mol. The summed E-state index contributed by atoms with van der Waals surface area (Å²) >= 11 is 0. The second kappa shape index (κ2) is 3.29. The van der Waals surface area contributed by atoms with Crippen LogP contribution in [-0.2, 0) is 4.79 Å². The van der Waals surface area contributed by atoms with Gasteiger partial charge in [-0.05, 0) is 13.8 Å². The summed E-state index contributed by atoms with van der Waals surface area (Å²) in [5, 5.41) is 19.5. The number of hydrogen-bond donors (Lipinski definition) is 2. The lowest BCUT2D eigenvalue weighted by molar-refractivity contribution is -0.125. The zero-order valence-electron chi connectivity index (χ0n) is 8.55. The quantitative estimate of drug-likeness (QED) is 0.599. The van der Waals surface area contributed by atoms with Crippen LogP contribution < -0.4 is 0 Å². The standard InChI is InChI=1S/C10H17NO3/c1-5(2)11-7-3-6(12)4-8(11)10(14)9(7)13/h5,7-10,13-14H,3-4H2,1-2H3/t7-,8+,9-,10+. The minimum absolute atomic E-state index is 0.160. The largest absolute Gasteiger partial charge is 0.389 e. The molecule has 2 saturated heterocycles. The number of carbonyl (C=O) groups excluding carboxylic acids is 1. The number of ketones is 1. The molecule has 0 unspecified atom stereocenters. The number of carbonyl (C=O) groups is 1. The summed E-state index contributed by atoms with van der Waals surface area (Å²) in [4.78, 5) is 13.4. The van der Waals surface area contributed by atoms with Crippen molar-refractivity contribution in [2.75, 3.05) is 0 Å². The van der Waals surface area contributed by atoms with E-state index in [-0.39, 0.29) is 23.9 Å². The lowest BCUT2D eigenvalue weighted by Gasteiger charge is -2.37. The van der Waals surface area contributed by atoms with E-state index in [0.29, 0.717) is 12.8 Å². The minimum atomic E-state index is -0.756. The van der Waals surface area contributed by atoms with Gasteiger partial charge in [0.1, 0.15) is 5.78 Å². The third-order valence-electron chi connectivity index (χ3n) is 3.37. The summed E-state index contributed by atoms with van der Waals surface area (Å²) in [6.45, 7) is 4.06. The molecule has 0 aromatic heterocycles. The fourth-order valence-electron chi connectivity index (χ4n) is 2.82. The number of nitrogens with zero attached hydrogens (tertiary/aromatic N) is 1. The van der Waals surface area contributed by atoms with E-state index in [4.69, 9.17) is 0 Å². The predicted molar refractivity (Wildman–Crippen MR) is 50.8 cm³/mol. The van der Waals surface area contributed by atoms with E-state index >= 15 is 0 Å². The van der Waals surface area contributed by atoms with Gasteiger partial charge in [0.15, 0.2) is 0 Å². The van der Waals surface area contributed by atoms with Gasteiger partial charge in [0.05, 0.1) is 12.2 Å². The van der Waals surface area contributed by atoms with Gasteiger partial charge in [0.25, 0.3) is 0 Å². The van der Waals surface area contributed by atoms with E-state index in [1.54, 1.807) is 0 Å². The van der Waals surface area contributed by atoms with Crippen LogP contribution in [0.15, 0.2) is 0 Å². The molecule has 2 N–H and O–H groups in total. The van der Waals surface area contributed by atoms with E-state index in [1.807, 2.05) is 13.8 Å². The van der Waals surface area contributed by atoms with E-state index in [1.165, 1.54) is 0 Å². The summed E-state index contributed by atoms with van der Waals surface area (Å²) in [7, 11) is 0. The van der Waals surface area contributed by atoms with Crippen LogP contribution in [-0.4, -0.2) is 51.2 Å². The highest BCUT2D eigenvalue weighted by Crippen LogP contribution is 2.35. The van der Waals surface area contributed by atoms with Crippen molar-refractivity contribution in [3.8, 4) is 0 Å². The van der Waals surface area contributed by atoms with Gasteiger partial charge in [-0.1, -0.05) is 0 Å². The van der Waals surface area contributed by atoms with E-state index < -0.39 is 12.2 Å². The molecule has 2 fully saturated rings. The van der Waals surface area contributed by atoms with E-state index in [0.717, 1.165) is 0 Å². The van der Waals surface area contributed by atoms with Crippen molar-refractivity contribution in [3.05, 3.63) is 0 Å². The second-order valence-corrected chi connectivity index (χ2v) is 4.60. The molecule has 2 aliphatic rings. The van der Waals surface area contributed by atoms with Crippen LogP contribution in [0, 0.1) is 0 Å². The van der Waals surface area contributed by atoms with Crippen molar-refractivity contribution in [1.82, 2.24) is 4.90 Å². The fourth-order valence-corrected chi connectivity index (χ4v) is 2.82. The van der Waals surface area contributed by atoms with Crippen molar-refractivity contribution in [2.24, 2.45) is 0 Å². The maximum absolute atomic E-state index is 11.3. The first kappa shape index (κ1) is 10.1. The van der Waals surface area contributed by atoms with Crippen LogP contribution in [0.1, 0.15) is 26.7 Å². The van der Waals surface area contributed by atoms with Crippen LogP contribution in [0.3, 0.4) is 0 Å². The smallest absolute Gasteiger partial charge is 0.136 e. The van der Waals surface area contributed by atoms with Crippen LogP contribution in [0.2, 0.25) is 0 Å². The normalized spacial score (nSPS) is 43.6. The Kier molecular flexibility index (Phi) is 2.37. The molecule has 0 radical (unpaired) electrons. The maximum atomic E-state index is 11.3. The Balaban J connectivity index is 2.27. The Labute approximate surface area is 83.5 Å². The molecule has 0 amide bonds. The summed E-state index contributed by atoms with van der Waals surface area (Å²) in [6.07, 6.45) is -0.748. The van der Waals surface area contributed by atoms with Crippen molar-refractivity contribution in [1.29, 1.82) is 0 Å². The highest BCUT2D eigenvalue weighted by molar-refractivity contribution is 5.81. The molecule has 2 bridgehead atoms. The van der Waals surface area contributed by atoms with Gasteiger partial charge in [-0.15, -0.1) is 0 Å². The number of aliphatic hydroxyl groups is 2. The van der Waals surface area contributed by atoms with Crippen LogP contribution in [0.5, 0.6) is 0 Å². The van der Waals surface area contributed by atoms with Crippen molar-refractivity contribution >= 4 is 5.78 Å². The average Bonchev–Trinajstić information content (AvgIpc) is 2.26. The lowest BCUT2D eigenvalue weighted by Crippen LogP contribution is -2.49. The monoisotopic (exact) mass is 199 g/mol. The molecule has 0 aromatic carbocycles. The SMILES string of the molecule is CC(C)N1[C@@H]2CC(=O)C[C@H]1[C@H](O)[C@@H]2O. The molecule has 80 valence electrons. The Hall–Kier alpha value is -0.450. The molecule has 0 aromatic rings. The van der Waals surface area contributed by atoms with Crippen molar-refractivity contribution in [2.45, 2.75) is 57.0 Å². The highest BCUT2D eigenvalue weighted by Gasteiger charge is 2.52. The first-order valence-electron chi connectivity index (χ1n) is 5.17. The molecule has 2 aliphatic heterocycles. The summed E-state index contributed by atoms with van der Waals surface area (Å²) in [5.41, 5.74) is 0. The molecule has 14 heavy (non-hydrogen) atoms. The van der Waals surface area contributed by atoms with E-state index in [2.05, 4.69) is 4.90 Å². The Bertz CT molecular complexity index is 234. The van der Waals surface area contributed by atoms with Crippen LogP contribution >= 0.6 is 0 Å². The first-order chi connectivity index (χ1) is 6.52. The Morgan fingerprint density at radius 3 is 2.00 bits per heavy atom. The first-order valence-corrected chi connectivity index (χ1v) is 5.17. The average molecular weight is 199 g/mol. The van der Waals surface area contributed by atoms with Crippen LogP contribution in [0.4, 0.5) is 0 Å². The second-order valence-electron chi connectivity index (χ2n) is 4.60. The molecule has 2 heterocycles. The third-order valence-corrected chi connectivity index (χ3v) is 3.37. The molecule has 4 heteroatoms. The van der Waals surface area contributed by atoms with Gasteiger partial charge in [0, 0.05) is 31.0 Å². The number of fused-ring (bicyclic) bond motifs is 2. The summed E-state index contributed by atoms with van der Waals surface area (Å²) < 4.78 is 0. The zero-order chi connectivity index (χ0) is 10.5. The molecule has 4 nitrogen and oxygen atoms in total. The van der Waals surface area contributed by atoms with Crippen LogP contribution in [0.25, 0.3) is 0 Å². The van der Waals surface area contributed by atoms with E-state index in [9.17, 15) is 15.0 Å². The number of aliphatic hydroxyl groups excluding tert-OH is 2. The van der Waals surface area contributed by atoms with Gasteiger partial charge in [0.2, 0.25) is 0 Å². The van der Waals surface area contributed by atoms with Gasteiger partial charge < -0.3 is 10.2 Å². The number of rotatable bonds is 1. The van der Waals surface area contributed by atoms with Gasteiger partial charge in [-0.2, -0.15) is 0 Å². The highest BCUT2D eigenvalue weighted by atomic mass is 16.3. The lowest BCUT2D eigenvalue weighted by atomic mass is 9.99. The van der Waals surface area contributed by atoms with Gasteiger partial charge >= 0.3 is 0 Å². The molecule has 0 aliphatic carbocycles. The Morgan fingerprint density at radius 2 is 1.64 bits per heavy atom. The predicted octanol–water partition coefficient (Wildman–Crippen LogP) is -0.468. The summed E-state index contributed by atoms with van der Waals surface area (Å²) in [6, 6.07) is -0.0719. The number of Topliss-reactive ketones (excluding diaryl/α,β-unsaturated/α-hetero) is 1. The molecule has 0 saturated carbocycles. The topological polar surface area (TPSA) is 60.8 Å². The Morgan fingerprint density at radius 1 is 1.21 bits per heavy atom. The molecule has 0 spiro atoms. The number of hydrogen-bond acceptors (Lipinski definition) is 4. The number of piperidine rings is 1. The molecule has 2 rings (SSSR count).